The lowest BCUT2D eigenvalue weighted by molar-refractivity contribution is 0.0229. The van der Waals surface area contributed by atoms with Gasteiger partial charge in [-0.15, -0.1) is 0 Å². The van der Waals surface area contributed by atoms with Gasteiger partial charge in [0.25, 0.3) is 0 Å². The number of hydrogen-bond donors (Lipinski definition) is 1. The van der Waals surface area contributed by atoms with E-state index in [2.05, 4.69) is 14.9 Å². The van der Waals surface area contributed by atoms with Crippen LogP contribution in [0.5, 0.6) is 0 Å². The molecule has 1 heterocycles. The van der Waals surface area contributed by atoms with Crippen molar-refractivity contribution in [2.24, 2.45) is 5.41 Å². The maximum atomic E-state index is 4.07. The Balaban J connectivity index is 1.46. The molecule has 94 valence electrons. The molecule has 3 rings (SSSR count). The summed E-state index contributed by atoms with van der Waals surface area (Å²) >= 11 is 0. The Hall–Kier alpha value is -0.830. The maximum Gasteiger partial charge on any atom is 0.0946 e. The van der Waals surface area contributed by atoms with Crippen molar-refractivity contribution in [2.45, 2.75) is 57.5 Å². The van der Waals surface area contributed by atoms with Crippen LogP contribution in [0.2, 0.25) is 0 Å². The van der Waals surface area contributed by atoms with Gasteiger partial charge in [0.2, 0.25) is 0 Å². The van der Waals surface area contributed by atoms with Gasteiger partial charge in [0, 0.05) is 31.5 Å². The van der Waals surface area contributed by atoms with Gasteiger partial charge in [-0.1, -0.05) is 19.3 Å². The molecule has 1 spiro atoms. The number of rotatable bonds is 4. The van der Waals surface area contributed by atoms with E-state index in [1.54, 1.807) is 0 Å². The minimum Gasteiger partial charge on any atom is -0.336 e. The standard InChI is InChI=1S/C14H23N3/c1-2-5-14(6-3-1)7-4-13(14)16-9-11-17-10-8-15-12-17/h8,10,12-13,16H,1-7,9,11H2. The van der Waals surface area contributed by atoms with E-state index in [9.17, 15) is 0 Å². The Morgan fingerprint density at radius 2 is 2.12 bits per heavy atom. The quantitative estimate of drug-likeness (QED) is 0.866. The fraction of sp³-hybridized carbons (Fsp3) is 0.786. The Morgan fingerprint density at radius 3 is 2.76 bits per heavy atom. The van der Waals surface area contributed by atoms with Crippen molar-refractivity contribution in [1.82, 2.24) is 14.9 Å². The van der Waals surface area contributed by atoms with E-state index in [4.69, 9.17) is 0 Å². The minimum atomic E-state index is 0.688. The highest BCUT2D eigenvalue weighted by atomic mass is 15.1. The predicted molar refractivity (Wildman–Crippen MR) is 68.8 cm³/mol. The Morgan fingerprint density at radius 1 is 1.24 bits per heavy atom. The van der Waals surface area contributed by atoms with Crippen molar-refractivity contribution in [3.63, 3.8) is 0 Å². The summed E-state index contributed by atoms with van der Waals surface area (Å²) < 4.78 is 2.15. The molecule has 2 aliphatic rings. The van der Waals surface area contributed by atoms with Gasteiger partial charge in [0.05, 0.1) is 6.33 Å². The fourth-order valence-corrected chi connectivity index (χ4v) is 3.66. The first-order valence-electron chi connectivity index (χ1n) is 7.08. The SMILES string of the molecule is c1cn(CCNC2CCC23CCCCC3)cn1. The van der Waals surface area contributed by atoms with E-state index in [0.29, 0.717) is 5.41 Å². The molecule has 2 fully saturated rings. The number of aromatic nitrogens is 2. The molecule has 1 unspecified atom stereocenters. The Kier molecular flexibility index (Phi) is 3.19. The smallest absolute Gasteiger partial charge is 0.0946 e. The van der Waals surface area contributed by atoms with Crippen LogP contribution < -0.4 is 5.32 Å². The highest BCUT2D eigenvalue weighted by Gasteiger charge is 2.46. The van der Waals surface area contributed by atoms with Crippen LogP contribution in [0.1, 0.15) is 44.9 Å². The Bertz CT molecular complexity index is 338. The lowest BCUT2D eigenvalue weighted by atomic mass is 9.57. The lowest BCUT2D eigenvalue weighted by Crippen LogP contribution is -2.54. The molecule has 0 aliphatic heterocycles. The summed E-state index contributed by atoms with van der Waals surface area (Å²) in [5, 5.41) is 3.77. The molecular weight excluding hydrogens is 210 g/mol. The van der Waals surface area contributed by atoms with Gasteiger partial charge in [-0.25, -0.2) is 4.98 Å². The van der Waals surface area contributed by atoms with Crippen LogP contribution in [0.25, 0.3) is 0 Å². The van der Waals surface area contributed by atoms with Crippen LogP contribution in [0.3, 0.4) is 0 Å². The molecule has 1 aromatic rings. The lowest BCUT2D eigenvalue weighted by Gasteiger charge is -2.52. The average molecular weight is 233 g/mol. The highest BCUT2D eigenvalue weighted by Crippen LogP contribution is 2.51. The molecular formula is C14H23N3. The zero-order valence-corrected chi connectivity index (χ0v) is 10.6. The topological polar surface area (TPSA) is 29.9 Å². The van der Waals surface area contributed by atoms with Crippen molar-refractivity contribution in [3.05, 3.63) is 18.7 Å². The highest BCUT2D eigenvalue weighted by molar-refractivity contribution is 5.01. The van der Waals surface area contributed by atoms with Crippen molar-refractivity contribution in [3.8, 4) is 0 Å². The molecule has 1 atom stereocenters. The van der Waals surface area contributed by atoms with Crippen molar-refractivity contribution in [2.75, 3.05) is 6.54 Å². The van der Waals surface area contributed by atoms with Gasteiger partial charge >= 0.3 is 0 Å². The molecule has 0 aromatic carbocycles. The van der Waals surface area contributed by atoms with Crippen LogP contribution in [-0.4, -0.2) is 22.1 Å². The summed E-state index contributed by atoms with van der Waals surface area (Å²) in [6.45, 7) is 2.13. The first-order valence-corrected chi connectivity index (χ1v) is 7.08. The molecule has 0 bridgehead atoms. The number of imidazole rings is 1. The molecule has 1 N–H and O–H groups in total. The molecule has 2 aliphatic carbocycles. The van der Waals surface area contributed by atoms with E-state index in [1.807, 2.05) is 18.7 Å². The van der Waals surface area contributed by atoms with E-state index in [1.165, 1.54) is 44.9 Å². The van der Waals surface area contributed by atoms with Crippen molar-refractivity contribution < 1.29 is 0 Å². The summed E-state index contributed by atoms with van der Waals surface area (Å²) in [5.74, 6) is 0. The van der Waals surface area contributed by atoms with Gasteiger partial charge in [0.1, 0.15) is 0 Å². The fourth-order valence-electron chi connectivity index (χ4n) is 3.66. The minimum absolute atomic E-state index is 0.688. The van der Waals surface area contributed by atoms with E-state index in [0.717, 1.165) is 19.1 Å². The van der Waals surface area contributed by atoms with Gasteiger partial charge in [-0.3, -0.25) is 0 Å². The maximum absolute atomic E-state index is 4.07. The monoisotopic (exact) mass is 233 g/mol. The van der Waals surface area contributed by atoms with Crippen molar-refractivity contribution >= 4 is 0 Å². The first kappa shape index (κ1) is 11.3. The molecule has 3 heteroatoms. The summed E-state index contributed by atoms with van der Waals surface area (Å²) in [6, 6.07) is 0.798. The van der Waals surface area contributed by atoms with Crippen LogP contribution in [-0.2, 0) is 6.54 Å². The van der Waals surface area contributed by atoms with E-state index < -0.39 is 0 Å². The summed E-state index contributed by atoms with van der Waals surface area (Å²) in [5.41, 5.74) is 0.688. The molecule has 1 aromatic heterocycles. The van der Waals surface area contributed by atoms with Crippen molar-refractivity contribution in [1.29, 1.82) is 0 Å². The van der Waals surface area contributed by atoms with Crippen LogP contribution in [0.4, 0.5) is 0 Å². The molecule has 0 amide bonds. The number of nitrogens with one attached hydrogen (secondary N) is 1. The third-order valence-corrected chi connectivity index (χ3v) is 4.84. The second-order valence-corrected chi connectivity index (χ2v) is 5.77. The second kappa shape index (κ2) is 4.81. The normalized spacial score (nSPS) is 26.9. The Labute approximate surface area is 104 Å². The van der Waals surface area contributed by atoms with Gasteiger partial charge in [0.15, 0.2) is 0 Å². The molecule has 17 heavy (non-hydrogen) atoms. The second-order valence-electron chi connectivity index (χ2n) is 5.77. The third kappa shape index (κ3) is 2.25. The average Bonchev–Trinajstić information content (AvgIpc) is 2.87. The first-order chi connectivity index (χ1) is 8.39. The van der Waals surface area contributed by atoms with E-state index >= 15 is 0 Å². The van der Waals surface area contributed by atoms with Gasteiger partial charge in [-0.2, -0.15) is 0 Å². The third-order valence-electron chi connectivity index (χ3n) is 4.84. The van der Waals surface area contributed by atoms with Crippen LogP contribution in [0.15, 0.2) is 18.7 Å². The van der Waals surface area contributed by atoms with Gasteiger partial charge in [-0.05, 0) is 31.1 Å². The molecule has 3 nitrogen and oxygen atoms in total. The van der Waals surface area contributed by atoms with Crippen LogP contribution in [0, 0.1) is 5.41 Å². The summed E-state index contributed by atoms with van der Waals surface area (Å²) in [4.78, 5) is 4.07. The number of hydrogen-bond acceptors (Lipinski definition) is 2. The summed E-state index contributed by atoms with van der Waals surface area (Å²) in [7, 11) is 0. The zero-order valence-electron chi connectivity index (χ0n) is 10.6. The van der Waals surface area contributed by atoms with E-state index in [-0.39, 0.29) is 0 Å². The summed E-state index contributed by atoms with van der Waals surface area (Å²) in [6.07, 6.45) is 16.0. The predicted octanol–water partition coefficient (Wildman–Crippen LogP) is 2.59. The molecule has 0 radical (unpaired) electrons. The molecule has 2 saturated carbocycles. The molecule has 0 saturated heterocycles. The van der Waals surface area contributed by atoms with Crippen LogP contribution >= 0.6 is 0 Å². The number of nitrogens with zero attached hydrogens (tertiary/aromatic N) is 2. The van der Waals surface area contributed by atoms with Gasteiger partial charge < -0.3 is 9.88 Å². The zero-order chi connectivity index (χ0) is 11.6. The largest absolute Gasteiger partial charge is 0.336 e.